The molecule has 1 aliphatic carbocycles. The van der Waals surface area contributed by atoms with Crippen LogP contribution in [0.15, 0.2) is 54.9 Å². The van der Waals surface area contributed by atoms with Crippen molar-refractivity contribution in [3.05, 3.63) is 77.4 Å². The molecule has 29 heavy (non-hydrogen) atoms. The summed E-state index contributed by atoms with van der Waals surface area (Å²) in [5.74, 6) is -1.22. The number of rotatable bonds is 6. The number of alkyl carbamates (subject to hydrolysis) is 1. The number of fused-ring (bicyclic) bond motifs is 3. The highest BCUT2D eigenvalue weighted by molar-refractivity contribution is 5.81. The van der Waals surface area contributed by atoms with Gasteiger partial charge >= 0.3 is 12.1 Å². The van der Waals surface area contributed by atoms with E-state index in [1.807, 2.05) is 36.4 Å². The fourth-order valence-corrected chi connectivity index (χ4v) is 3.77. The van der Waals surface area contributed by atoms with Crippen LogP contribution in [0.5, 0.6) is 0 Å². The molecule has 0 saturated heterocycles. The second-order valence-electron chi connectivity index (χ2n) is 7.04. The molecular formula is C22H21N3O4. The lowest BCUT2D eigenvalue weighted by atomic mass is 9.98. The van der Waals surface area contributed by atoms with Crippen LogP contribution >= 0.6 is 0 Å². The van der Waals surface area contributed by atoms with Gasteiger partial charge in [-0.05, 0) is 29.2 Å². The Hall–Kier alpha value is -3.61. The van der Waals surface area contributed by atoms with Crippen molar-refractivity contribution in [2.75, 3.05) is 6.61 Å². The van der Waals surface area contributed by atoms with Gasteiger partial charge in [0.05, 0.1) is 12.0 Å². The van der Waals surface area contributed by atoms with Crippen LogP contribution in [0, 0.1) is 6.92 Å². The lowest BCUT2D eigenvalue weighted by Gasteiger charge is -2.17. The quantitative estimate of drug-likeness (QED) is 0.598. The molecular weight excluding hydrogens is 370 g/mol. The number of H-pyrrole nitrogens is 1. The number of hydrogen-bond acceptors (Lipinski definition) is 4. The van der Waals surface area contributed by atoms with Gasteiger partial charge in [0, 0.05) is 18.0 Å². The Morgan fingerprint density at radius 2 is 1.76 bits per heavy atom. The summed E-state index contributed by atoms with van der Waals surface area (Å²) in [5, 5.41) is 11.9. The van der Waals surface area contributed by atoms with Crippen molar-refractivity contribution >= 4 is 12.1 Å². The molecule has 1 amide bonds. The maximum Gasteiger partial charge on any atom is 0.407 e. The molecule has 7 heteroatoms. The highest BCUT2D eigenvalue weighted by Crippen LogP contribution is 2.44. The number of hydrogen-bond donors (Lipinski definition) is 3. The first-order chi connectivity index (χ1) is 14.0. The molecule has 0 radical (unpaired) electrons. The fraction of sp³-hybridized carbons (Fsp3) is 0.227. The third-order valence-electron chi connectivity index (χ3n) is 5.27. The average molecular weight is 391 g/mol. The van der Waals surface area contributed by atoms with Crippen LogP contribution in [-0.4, -0.2) is 39.8 Å². The number of aromatic amines is 1. The van der Waals surface area contributed by atoms with E-state index in [2.05, 4.69) is 27.4 Å². The molecule has 1 aromatic heterocycles. The monoisotopic (exact) mass is 391 g/mol. The Balaban J connectivity index is 1.44. The number of aryl methyl sites for hydroxylation is 1. The Kier molecular flexibility index (Phi) is 5.03. The third-order valence-corrected chi connectivity index (χ3v) is 5.27. The molecule has 0 fully saturated rings. The number of carbonyl (C=O) groups excluding carboxylic acids is 1. The summed E-state index contributed by atoms with van der Waals surface area (Å²) in [7, 11) is 0. The zero-order valence-corrected chi connectivity index (χ0v) is 15.9. The second-order valence-corrected chi connectivity index (χ2v) is 7.04. The zero-order chi connectivity index (χ0) is 20.4. The molecule has 2 aromatic carbocycles. The van der Waals surface area contributed by atoms with Crippen LogP contribution in [0.3, 0.4) is 0 Å². The van der Waals surface area contributed by atoms with E-state index in [0.29, 0.717) is 5.69 Å². The molecule has 7 nitrogen and oxygen atoms in total. The van der Waals surface area contributed by atoms with Crippen molar-refractivity contribution < 1.29 is 19.4 Å². The SMILES string of the molecule is Cc1[nH]cnc1C[C@@H](NC(=O)OCC1c2ccccc2-c2ccccc21)C(=O)O. The number of nitrogens with zero attached hydrogens (tertiary/aromatic N) is 1. The van der Waals surface area contributed by atoms with Gasteiger partial charge in [-0.15, -0.1) is 0 Å². The summed E-state index contributed by atoms with van der Waals surface area (Å²) in [6, 6.07) is 15.0. The van der Waals surface area contributed by atoms with Crippen LogP contribution in [-0.2, 0) is 16.0 Å². The predicted molar refractivity (Wildman–Crippen MR) is 107 cm³/mol. The predicted octanol–water partition coefficient (Wildman–Crippen LogP) is 3.25. The molecule has 0 bridgehead atoms. The van der Waals surface area contributed by atoms with Gasteiger partial charge in [0.15, 0.2) is 0 Å². The maximum absolute atomic E-state index is 12.3. The van der Waals surface area contributed by atoms with Crippen molar-refractivity contribution in [3.8, 4) is 11.1 Å². The van der Waals surface area contributed by atoms with E-state index in [0.717, 1.165) is 27.9 Å². The van der Waals surface area contributed by atoms with Crippen LogP contribution in [0.2, 0.25) is 0 Å². The minimum atomic E-state index is -1.14. The molecule has 1 aliphatic rings. The first-order valence-corrected chi connectivity index (χ1v) is 9.37. The Bertz CT molecular complexity index is 1010. The molecule has 3 N–H and O–H groups in total. The summed E-state index contributed by atoms with van der Waals surface area (Å²) in [6.45, 7) is 1.93. The largest absolute Gasteiger partial charge is 0.480 e. The number of aromatic nitrogens is 2. The van der Waals surface area contributed by atoms with E-state index < -0.39 is 18.1 Å². The average Bonchev–Trinajstić information content (AvgIpc) is 3.27. The van der Waals surface area contributed by atoms with Crippen molar-refractivity contribution in [3.63, 3.8) is 0 Å². The number of carboxylic acid groups (broad SMARTS) is 1. The molecule has 0 spiro atoms. The van der Waals surface area contributed by atoms with Gasteiger partial charge in [-0.2, -0.15) is 0 Å². The molecule has 1 atom stereocenters. The van der Waals surface area contributed by atoms with E-state index in [4.69, 9.17) is 4.74 Å². The van der Waals surface area contributed by atoms with Gasteiger partial charge < -0.3 is 20.1 Å². The second kappa shape index (κ2) is 7.79. The van der Waals surface area contributed by atoms with Crippen LogP contribution in [0.25, 0.3) is 11.1 Å². The lowest BCUT2D eigenvalue weighted by Crippen LogP contribution is -2.43. The third kappa shape index (κ3) is 3.71. The number of carboxylic acids is 1. The molecule has 0 saturated carbocycles. The molecule has 1 heterocycles. The molecule has 0 unspecified atom stereocenters. The normalized spacial score (nSPS) is 13.4. The van der Waals surface area contributed by atoms with E-state index in [1.165, 1.54) is 6.33 Å². The van der Waals surface area contributed by atoms with Gasteiger partial charge in [-0.25, -0.2) is 14.6 Å². The first kappa shape index (κ1) is 18.7. The van der Waals surface area contributed by atoms with Crippen LogP contribution in [0.1, 0.15) is 28.4 Å². The molecule has 148 valence electrons. The fourth-order valence-electron chi connectivity index (χ4n) is 3.77. The Morgan fingerprint density at radius 1 is 1.14 bits per heavy atom. The highest BCUT2D eigenvalue weighted by atomic mass is 16.5. The van der Waals surface area contributed by atoms with Crippen LogP contribution < -0.4 is 5.32 Å². The van der Waals surface area contributed by atoms with Crippen LogP contribution in [0.4, 0.5) is 4.79 Å². The number of ether oxygens (including phenoxy) is 1. The summed E-state index contributed by atoms with van der Waals surface area (Å²) < 4.78 is 5.43. The number of imidazole rings is 1. The van der Waals surface area contributed by atoms with E-state index >= 15 is 0 Å². The van der Waals surface area contributed by atoms with Crippen molar-refractivity contribution in [2.45, 2.75) is 25.3 Å². The summed E-state index contributed by atoms with van der Waals surface area (Å²) in [5.41, 5.74) is 5.83. The molecule has 3 aromatic rings. The van der Waals surface area contributed by atoms with Gasteiger partial charge in [-0.3, -0.25) is 0 Å². The Labute approximate surface area is 167 Å². The van der Waals surface area contributed by atoms with Crippen molar-refractivity contribution in [1.29, 1.82) is 0 Å². The smallest absolute Gasteiger partial charge is 0.407 e. The van der Waals surface area contributed by atoms with E-state index in [9.17, 15) is 14.7 Å². The van der Waals surface area contributed by atoms with Gasteiger partial charge in [-0.1, -0.05) is 48.5 Å². The maximum atomic E-state index is 12.3. The number of nitrogens with one attached hydrogen (secondary N) is 2. The van der Waals surface area contributed by atoms with Crippen molar-refractivity contribution in [1.82, 2.24) is 15.3 Å². The van der Waals surface area contributed by atoms with E-state index in [1.54, 1.807) is 6.92 Å². The minimum Gasteiger partial charge on any atom is -0.480 e. The molecule has 0 aliphatic heterocycles. The minimum absolute atomic E-state index is 0.0782. The molecule has 4 rings (SSSR count). The van der Waals surface area contributed by atoms with E-state index in [-0.39, 0.29) is 18.9 Å². The topological polar surface area (TPSA) is 104 Å². The van der Waals surface area contributed by atoms with Gasteiger partial charge in [0.25, 0.3) is 0 Å². The van der Waals surface area contributed by atoms with Crippen molar-refractivity contribution in [2.24, 2.45) is 0 Å². The summed E-state index contributed by atoms with van der Waals surface area (Å²) in [4.78, 5) is 30.9. The number of aliphatic carboxylic acids is 1. The summed E-state index contributed by atoms with van der Waals surface area (Å²) >= 11 is 0. The number of amides is 1. The standard InChI is InChI=1S/C22H21N3O4/c1-13-19(24-12-23-13)10-20(21(26)27)25-22(28)29-11-18-16-8-4-2-6-14(16)15-7-3-5-9-17(15)18/h2-9,12,18,20H,10-11H2,1H3,(H,23,24)(H,25,28)(H,26,27)/t20-/m1/s1. The lowest BCUT2D eigenvalue weighted by molar-refractivity contribution is -0.139. The van der Waals surface area contributed by atoms with Gasteiger partial charge in [0.1, 0.15) is 12.6 Å². The van der Waals surface area contributed by atoms with Gasteiger partial charge in [0.2, 0.25) is 0 Å². The first-order valence-electron chi connectivity index (χ1n) is 9.37. The summed E-state index contributed by atoms with van der Waals surface area (Å²) in [6.07, 6.45) is 0.818. The highest BCUT2D eigenvalue weighted by Gasteiger charge is 2.30. The Morgan fingerprint density at radius 3 is 2.31 bits per heavy atom. The number of benzene rings is 2. The zero-order valence-electron chi connectivity index (χ0n) is 15.9. The number of carbonyl (C=O) groups is 2.